The van der Waals surface area contributed by atoms with E-state index in [9.17, 15) is 8.42 Å². The first kappa shape index (κ1) is 22.5. The van der Waals surface area contributed by atoms with Gasteiger partial charge in [0.25, 0.3) is 0 Å². The Hall–Kier alpha value is -3.32. The number of para-hydroxylation sites is 2. The molecule has 5 nitrogen and oxygen atoms in total. The zero-order chi connectivity index (χ0) is 23.7. The van der Waals surface area contributed by atoms with Crippen molar-refractivity contribution in [2.24, 2.45) is 0 Å². The van der Waals surface area contributed by atoms with Gasteiger partial charge in [0.15, 0.2) is 0 Å². The van der Waals surface area contributed by atoms with Crippen LogP contribution in [-0.4, -0.2) is 18.0 Å². The van der Waals surface area contributed by atoms with Crippen LogP contribution >= 0.6 is 23.2 Å². The molecule has 0 saturated carbocycles. The fourth-order valence-corrected chi connectivity index (χ4v) is 5.01. The van der Waals surface area contributed by atoms with Gasteiger partial charge >= 0.3 is 10.1 Å². The van der Waals surface area contributed by atoms with Crippen LogP contribution in [0, 0.1) is 0 Å². The zero-order valence-corrected chi connectivity index (χ0v) is 20.1. The van der Waals surface area contributed by atoms with Crippen molar-refractivity contribution in [1.82, 2.24) is 9.55 Å². The Balaban J connectivity index is 1.47. The molecule has 0 saturated heterocycles. The molecule has 170 valence electrons. The van der Waals surface area contributed by atoms with E-state index >= 15 is 0 Å². The number of aromatic nitrogens is 2. The van der Waals surface area contributed by atoms with E-state index in [2.05, 4.69) is 16.7 Å². The molecule has 0 aliphatic rings. The highest BCUT2D eigenvalue weighted by atomic mass is 35.5. The van der Waals surface area contributed by atoms with Crippen molar-refractivity contribution in [3.8, 4) is 17.1 Å². The number of benzene rings is 4. The molecule has 8 heteroatoms. The summed E-state index contributed by atoms with van der Waals surface area (Å²) in [7, 11) is -4.06. The first-order valence-corrected chi connectivity index (χ1v) is 12.6. The second-order valence-corrected chi connectivity index (χ2v) is 9.99. The predicted octanol–water partition coefficient (Wildman–Crippen LogP) is 6.83. The fraction of sp³-hybridized carbons (Fsp3) is 0.0385. The molecule has 0 unspecified atom stereocenters. The highest BCUT2D eigenvalue weighted by molar-refractivity contribution is 7.87. The number of nitrogens with zero attached hydrogens (tertiary/aromatic N) is 2. The second kappa shape index (κ2) is 9.14. The summed E-state index contributed by atoms with van der Waals surface area (Å²) in [5, 5.41) is 0.405. The fourth-order valence-electron chi connectivity index (χ4n) is 3.69. The Labute approximate surface area is 207 Å². The molecule has 0 fully saturated rings. The summed E-state index contributed by atoms with van der Waals surface area (Å²) >= 11 is 11.8. The first-order chi connectivity index (χ1) is 16.4. The molecule has 1 aromatic heterocycles. The number of hydrogen-bond acceptors (Lipinski definition) is 4. The minimum absolute atomic E-state index is 0.0735. The lowest BCUT2D eigenvalue weighted by Crippen LogP contribution is -2.09. The summed E-state index contributed by atoms with van der Waals surface area (Å²) < 4.78 is 32.8. The van der Waals surface area contributed by atoms with E-state index in [1.54, 1.807) is 24.3 Å². The predicted molar refractivity (Wildman–Crippen MR) is 135 cm³/mol. The minimum atomic E-state index is -4.06. The van der Waals surface area contributed by atoms with Crippen LogP contribution < -0.4 is 4.18 Å². The van der Waals surface area contributed by atoms with E-state index in [1.807, 2.05) is 42.5 Å². The molecule has 4 aromatic carbocycles. The average molecular weight is 509 g/mol. The van der Waals surface area contributed by atoms with Gasteiger partial charge in [-0.25, -0.2) is 4.98 Å². The van der Waals surface area contributed by atoms with E-state index in [0.717, 1.165) is 28.0 Å². The Morgan fingerprint density at radius 1 is 0.794 bits per heavy atom. The SMILES string of the molecule is O=S(=O)(Oc1ccc(-c2nc3ccccc3n2Cc2ccccc2)cc1)c1ccc(Cl)c(Cl)c1. The quantitative estimate of drug-likeness (QED) is 0.236. The Bertz CT molecular complexity index is 1580. The number of fused-ring (bicyclic) bond motifs is 1. The molecule has 0 spiro atoms. The summed E-state index contributed by atoms with van der Waals surface area (Å²) in [6.45, 7) is 0.653. The zero-order valence-electron chi connectivity index (χ0n) is 17.7. The third kappa shape index (κ3) is 4.53. The van der Waals surface area contributed by atoms with Crippen LogP contribution in [0.5, 0.6) is 5.75 Å². The van der Waals surface area contributed by atoms with E-state index in [-0.39, 0.29) is 20.7 Å². The van der Waals surface area contributed by atoms with E-state index in [0.29, 0.717) is 6.54 Å². The lowest BCUT2D eigenvalue weighted by molar-refractivity contribution is 0.486. The van der Waals surface area contributed by atoms with Crippen LogP contribution in [0.15, 0.2) is 102 Å². The van der Waals surface area contributed by atoms with Gasteiger partial charge in [0.2, 0.25) is 0 Å². The van der Waals surface area contributed by atoms with Gasteiger partial charge in [0.1, 0.15) is 16.5 Å². The molecule has 5 rings (SSSR count). The van der Waals surface area contributed by atoms with Crippen LogP contribution in [0.3, 0.4) is 0 Å². The van der Waals surface area contributed by atoms with E-state index < -0.39 is 10.1 Å². The summed E-state index contributed by atoms with van der Waals surface area (Å²) in [5.74, 6) is 0.962. The smallest absolute Gasteiger partial charge is 0.339 e. The Morgan fingerprint density at radius 2 is 1.50 bits per heavy atom. The van der Waals surface area contributed by atoms with Crippen LogP contribution in [0.4, 0.5) is 0 Å². The summed E-state index contributed by atoms with van der Waals surface area (Å²) in [4.78, 5) is 4.75. The first-order valence-electron chi connectivity index (χ1n) is 10.4. The highest BCUT2D eigenvalue weighted by Gasteiger charge is 2.19. The lowest BCUT2D eigenvalue weighted by Gasteiger charge is -2.11. The summed E-state index contributed by atoms with van der Waals surface area (Å²) in [6, 6.07) is 28.9. The standard InChI is InChI=1S/C26H18Cl2N2O3S/c27-22-15-14-21(16-23(22)28)34(31,32)33-20-12-10-19(11-13-20)26-29-24-8-4-5-9-25(24)30(26)17-18-6-2-1-3-7-18/h1-16H,17H2. The monoisotopic (exact) mass is 508 g/mol. The molecule has 0 bridgehead atoms. The summed E-state index contributed by atoms with van der Waals surface area (Å²) in [6.07, 6.45) is 0. The third-order valence-corrected chi connectivity index (χ3v) is 7.32. The van der Waals surface area contributed by atoms with Gasteiger partial charge in [-0.2, -0.15) is 8.42 Å². The van der Waals surface area contributed by atoms with Crippen molar-refractivity contribution >= 4 is 44.4 Å². The number of imidazole rings is 1. The molecule has 0 atom stereocenters. The van der Waals surface area contributed by atoms with Crippen molar-refractivity contribution in [2.45, 2.75) is 11.4 Å². The molecular weight excluding hydrogens is 491 g/mol. The minimum Gasteiger partial charge on any atom is -0.379 e. The van der Waals surface area contributed by atoms with E-state index in [1.165, 1.54) is 18.2 Å². The molecule has 0 aliphatic carbocycles. The lowest BCUT2D eigenvalue weighted by atomic mass is 10.2. The molecule has 1 heterocycles. The largest absolute Gasteiger partial charge is 0.379 e. The maximum Gasteiger partial charge on any atom is 0.339 e. The van der Waals surface area contributed by atoms with Crippen LogP contribution in [0.25, 0.3) is 22.4 Å². The Kier molecular flexibility index (Phi) is 6.04. The van der Waals surface area contributed by atoms with Gasteiger partial charge in [-0.1, -0.05) is 65.7 Å². The third-order valence-electron chi connectivity index (χ3n) is 5.34. The highest BCUT2D eigenvalue weighted by Crippen LogP contribution is 2.30. The Morgan fingerprint density at radius 3 is 2.24 bits per heavy atom. The van der Waals surface area contributed by atoms with E-state index in [4.69, 9.17) is 32.4 Å². The molecule has 0 aliphatic heterocycles. The van der Waals surface area contributed by atoms with Crippen LogP contribution in [0.1, 0.15) is 5.56 Å². The number of halogens is 2. The maximum atomic E-state index is 12.7. The van der Waals surface area contributed by atoms with Gasteiger partial charge in [0, 0.05) is 12.1 Å². The molecule has 0 amide bonds. The van der Waals surface area contributed by atoms with Crippen LogP contribution in [-0.2, 0) is 16.7 Å². The van der Waals surface area contributed by atoms with Crippen molar-refractivity contribution in [2.75, 3.05) is 0 Å². The second-order valence-electron chi connectivity index (χ2n) is 7.63. The molecule has 0 radical (unpaired) electrons. The maximum absolute atomic E-state index is 12.7. The van der Waals surface area contributed by atoms with Gasteiger partial charge in [-0.15, -0.1) is 0 Å². The van der Waals surface area contributed by atoms with Gasteiger partial charge in [-0.05, 0) is 60.2 Å². The normalized spacial score (nSPS) is 11.6. The number of hydrogen-bond donors (Lipinski definition) is 0. The van der Waals surface area contributed by atoms with Crippen molar-refractivity contribution < 1.29 is 12.6 Å². The molecule has 34 heavy (non-hydrogen) atoms. The molecular formula is C26H18Cl2N2O3S. The molecule has 5 aromatic rings. The number of rotatable bonds is 6. The van der Waals surface area contributed by atoms with Gasteiger partial charge < -0.3 is 8.75 Å². The van der Waals surface area contributed by atoms with Crippen molar-refractivity contribution in [3.05, 3.63) is 113 Å². The molecule has 0 N–H and O–H groups in total. The summed E-state index contributed by atoms with van der Waals surface area (Å²) in [5.41, 5.74) is 3.89. The van der Waals surface area contributed by atoms with Crippen molar-refractivity contribution in [1.29, 1.82) is 0 Å². The van der Waals surface area contributed by atoms with Gasteiger partial charge in [0.05, 0.1) is 21.1 Å². The average Bonchev–Trinajstić information content (AvgIpc) is 3.20. The topological polar surface area (TPSA) is 61.2 Å². The van der Waals surface area contributed by atoms with Crippen LogP contribution in [0.2, 0.25) is 10.0 Å². The van der Waals surface area contributed by atoms with Gasteiger partial charge in [-0.3, -0.25) is 0 Å². The van der Waals surface area contributed by atoms with Crippen molar-refractivity contribution in [3.63, 3.8) is 0 Å².